The van der Waals surface area contributed by atoms with Crippen LogP contribution in [0.2, 0.25) is 5.02 Å². The first-order chi connectivity index (χ1) is 8.31. The van der Waals surface area contributed by atoms with Crippen LogP contribution in [-0.4, -0.2) is 39.7 Å². The normalized spacial score (nSPS) is 11.9. The lowest BCUT2D eigenvalue weighted by atomic mass is 10.2. The van der Waals surface area contributed by atoms with Gasteiger partial charge in [-0.05, 0) is 12.1 Å². The van der Waals surface area contributed by atoms with Crippen LogP contribution < -0.4 is 9.57 Å². The van der Waals surface area contributed by atoms with E-state index in [9.17, 15) is 13.5 Å². The van der Waals surface area contributed by atoms with Crippen LogP contribution in [-0.2, 0) is 16.6 Å². The molecule has 18 heavy (non-hydrogen) atoms. The van der Waals surface area contributed by atoms with Crippen molar-refractivity contribution >= 4 is 21.6 Å². The average molecular weight is 295 g/mol. The molecule has 0 bridgehead atoms. The lowest BCUT2D eigenvalue weighted by Gasteiger charge is -2.16. The van der Waals surface area contributed by atoms with Crippen LogP contribution in [0.15, 0.2) is 17.0 Å². The molecule has 1 rings (SSSR count). The summed E-state index contributed by atoms with van der Waals surface area (Å²) in [4.78, 5) is 2.16. The molecule has 1 aromatic rings. The number of nitrogens with zero attached hydrogens (tertiary/aromatic N) is 1. The third-order valence-electron chi connectivity index (χ3n) is 2.06. The topological polar surface area (TPSA) is 78.9 Å². The Bertz CT molecular complexity index is 531. The molecule has 6 nitrogen and oxygen atoms in total. The second-order valence-electron chi connectivity index (χ2n) is 3.74. The number of sulfonamides is 1. The molecule has 0 saturated heterocycles. The Kier molecular flexibility index (Phi) is 4.94. The summed E-state index contributed by atoms with van der Waals surface area (Å²) in [6.45, 7) is -0.367. The molecular formula is C10H15ClN2O4S. The van der Waals surface area contributed by atoms with Crippen molar-refractivity contribution in [3.05, 3.63) is 22.7 Å². The minimum absolute atomic E-state index is 0.0799. The van der Waals surface area contributed by atoms with Crippen LogP contribution in [0.3, 0.4) is 0 Å². The summed E-state index contributed by atoms with van der Waals surface area (Å²) in [7, 11) is 0.615. The second-order valence-corrected chi connectivity index (χ2v) is 5.81. The molecule has 8 heteroatoms. The second kappa shape index (κ2) is 5.85. The van der Waals surface area contributed by atoms with Crippen molar-refractivity contribution in [1.82, 2.24) is 9.84 Å². The van der Waals surface area contributed by atoms with E-state index in [0.29, 0.717) is 5.56 Å². The Hall–Kier alpha value is -0.860. The first kappa shape index (κ1) is 15.2. The summed E-state index contributed by atoms with van der Waals surface area (Å²) in [6.07, 6.45) is 0. The van der Waals surface area contributed by atoms with Crippen molar-refractivity contribution in [3.63, 3.8) is 0 Å². The fourth-order valence-corrected chi connectivity index (χ4v) is 3.09. The van der Waals surface area contributed by atoms with Crippen LogP contribution in [0.25, 0.3) is 0 Å². The number of aliphatic hydroxyl groups is 1. The van der Waals surface area contributed by atoms with E-state index in [1.54, 1.807) is 14.1 Å². The zero-order chi connectivity index (χ0) is 13.9. The number of nitrogens with one attached hydrogen (secondary N) is 1. The molecule has 0 heterocycles. The average Bonchev–Trinajstić information content (AvgIpc) is 2.26. The molecule has 0 aromatic heterocycles. The van der Waals surface area contributed by atoms with E-state index >= 15 is 0 Å². The molecule has 0 aliphatic heterocycles. The van der Waals surface area contributed by atoms with E-state index in [1.165, 1.54) is 24.3 Å². The Labute approximate surface area is 111 Å². The van der Waals surface area contributed by atoms with E-state index in [0.717, 1.165) is 0 Å². The summed E-state index contributed by atoms with van der Waals surface area (Å²) in [6, 6.07) is 2.72. The van der Waals surface area contributed by atoms with E-state index in [4.69, 9.17) is 16.3 Å². The molecule has 0 radical (unpaired) electrons. The van der Waals surface area contributed by atoms with Gasteiger partial charge in [0.25, 0.3) is 10.0 Å². The Morgan fingerprint density at radius 1 is 1.44 bits per heavy atom. The fraction of sp³-hybridized carbons (Fsp3) is 0.400. The molecule has 0 spiro atoms. The number of methoxy groups -OCH3 is 1. The van der Waals surface area contributed by atoms with Crippen molar-refractivity contribution in [2.75, 3.05) is 21.2 Å². The summed E-state index contributed by atoms with van der Waals surface area (Å²) in [5, 5.41) is 10.7. The lowest BCUT2D eigenvalue weighted by molar-refractivity contribution is 0.272. The minimum Gasteiger partial charge on any atom is -0.495 e. The SMILES string of the molecule is COc1c(CO)cc(Cl)cc1S(=O)(=O)NN(C)C. The summed E-state index contributed by atoms with van der Waals surface area (Å²) < 4.78 is 29.2. The highest BCUT2D eigenvalue weighted by molar-refractivity contribution is 7.89. The lowest BCUT2D eigenvalue weighted by Crippen LogP contribution is -2.36. The molecule has 0 unspecified atom stereocenters. The van der Waals surface area contributed by atoms with Gasteiger partial charge in [-0.1, -0.05) is 11.6 Å². The predicted octanol–water partition coefficient (Wildman–Crippen LogP) is 0.596. The fourth-order valence-electron chi connectivity index (χ4n) is 1.46. The molecule has 0 aliphatic rings. The van der Waals surface area contributed by atoms with E-state index in [1.807, 2.05) is 0 Å². The molecular weight excluding hydrogens is 280 g/mol. The van der Waals surface area contributed by atoms with Gasteiger partial charge in [0, 0.05) is 24.7 Å². The highest BCUT2D eigenvalue weighted by atomic mass is 35.5. The molecule has 0 aliphatic carbocycles. The zero-order valence-corrected chi connectivity index (χ0v) is 11.8. The first-order valence-electron chi connectivity index (χ1n) is 4.99. The zero-order valence-electron chi connectivity index (χ0n) is 10.3. The van der Waals surface area contributed by atoms with Crippen molar-refractivity contribution in [2.45, 2.75) is 11.5 Å². The summed E-state index contributed by atoms with van der Waals surface area (Å²) in [5.74, 6) is 0.0799. The predicted molar refractivity (Wildman–Crippen MR) is 67.9 cm³/mol. The minimum atomic E-state index is -3.80. The number of rotatable bonds is 5. The van der Waals surface area contributed by atoms with Gasteiger partial charge in [-0.2, -0.15) is 0 Å². The van der Waals surface area contributed by atoms with Crippen molar-refractivity contribution in [1.29, 1.82) is 0 Å². The van der Waals surface area contributed by atoms with Gasteiger partial charge in [-0.3, -0.25) is 0 Å². The Morgan fingerprint density at radius 3 is 2.50 bits per heavy atom. The maximum absolute atomic E-state index is 12.1. The van der Waals surface area contributed by atoms with Crippen molar-refractivity contribution < 1.29 is 18.3 Å². The maximum atomic E-state index is 12.1. The maximum Gasteiger partial charge on any atom is 0.257 e. The van der Waals surface area contributed by atoms with Gasteiger partial charge in [0.2, 0.25) is 0 Å². The van der Waals surface area contributed by atoms with Gasteiger partial charge in [-0.25, -0.2) is 13.4 Å². The largest absolute Gasteiger partial charge is 0.495 e. The van der Waals surface area contributed by atoms with Crippen LogP contribution in [0.1, 0.15) is 5.56 Å². The van der Waals surface area contributed by atoms with Crippen LogP contribution >= 0.6 is 11.6 Å². The Balaban J connectivity index is 3.44. The number of aliphatic hydroxyl groups excluding tert-OH is 1. The molecule has 0 atom stereocenters. The van der Waals surface area contributed by atoms with E-state index < -0.39 is 10.0 Å². The molecule has 102 valence electrons. The van der Waals surface area contributed by atoms with Crippen LogP contribution in [0, 0.1) is 0 Å². The molecule has 0 saturated carbocycles. The number of halogens is 1. The number of ether oxygens (including phenoxy) is 1. The van der Waals surface area contributed by atoms with Gasteiger partial charge < -0.3 is 9.84 Å². The summed E-state index contributed by atoms with van der Waals surface area (Å²) >= 11 is 5.83. The standard InChI is InChI=1S/C10H15ClN2O4S/c1-13(2)12-18(15,16)9-5-8(11)4-7(6-14)10(9)17-3/h4-5,12,14H,6H2,1-3H3. The number of hydrogen-bond acceptors (Lipinski definition) is 5. The highest BCUT2D eigenvalue weighted by Crippen LogP contribution is 2.31. The summed E-state index contributed by atoms with van der Waals surface area (Å²) in [5.41, 5.74) is 0.309. The highest BCUT2D eigenvalue weighted by Gasteiger charge is 2.23. The van der Waals surface area contributed by atoms with Gasteiger partial charge in [-0.15, -0.1) is 4.83 Å². The van der Waals surface area contributed by atoms with Crippen LogP contribution in [0.5, 0.6) is 5.75 Å². The van der Waals surface area contributed by atoms with Gasteiger partial charge >= 0.3 is 0 Å². The third kappa shape index (κ3) is 3.33. The molecule has 0 fully saturated rings. The molecule has 0 amide bonds. The first-order valence-corrected chi connectivity index (χ1v) is 6.85. The Morgan fingerprint density at radius 2 is 2.06 bits per heavy atom. The van der Waals surface area contributed by atoms with Crippen molar-refractivity contribution in [2.24, 2.45) is 0 Å². The third-order valence-corrected chi connectivity index (χ3v) is 3.77. The molecule has 1 aromatic carbocycles. The quantitative estimate of drug-likeness (QED) is 0.777. The number of hydrogen-bond donors (Lipinski definition) is 2. The van der Waals surface area contributed by atoms with Gasteiger partial charge in [0.15, 0.2) is 0 Å². The molecule has 2 N–H and O–H groups in total. The van der Waals surface area contributed by atoms with E-state index in [2.05, 4.69) is 4.83 Å². The number of benzene rings is 1. The van der Waals surface area contributed by atoms with Gasteiger partial charge in [0.1, 0.15) is 10.6 Å². The smallest absolute Gasteiger partial charge is 0.257 e. The van der Waals surface area contributed by atoms with Gasteiger partial charge in [0.05, 0.1) is 13.7 Å². The van der Waals surface area contributed by atoms with Crippen molar-refractivity contribution in [3.8, 4) is 5.75 Å². The van der Waals surface area contributed by atoms with E-state index in [-0.39, 0.29) is 22.3 Å². The van der Waals surface area contributed by atoms with Crippen LogP contribution in [0.4, 0.5) is 0 Å². The number of hydrazine groups is 1. The monoisotopic (exact) mass is 294 g/mol.